The lowest BCUT2D eigenvalue weighted by atomic mass is 10.2. The number of ether oxygens (including phenoxy) is 1. The Morgan fingerprint density at radius 2 is 1.70 bits per heavy atom. The van der Waals surface area contributed by atoms with Crippen LogP contribution in [0, 0.1) is 0 Å². The molecule has 1 aromatic carbocycles. The molecule has 0 aliphatic rings. The van der Waals surface area contributed by atoms with Crippen molar-refractivity contribution in [1.29, 1.82) is 0 Å². The average molecular weight is 275 g/mol. The number of carbonyl (C=O) groups is 3. The van der Waals surface area contributed by atoms with Crippen LogP contribution in [0.3, 0.4) is 0 Å². The normalized spacial score (nSPS) is 10.3. The second-order valence-electron chi connectivity index (χ2n) is 4.14. The van der Waals surface area contributed by atoms with Crippen LogP contribution in [-0.2, 0) is 14.3 Å². The number of fused-ring (bicyclic) bond motifs is 1. The molecule has 0 unspecified atom stereocenters. The van der Waals surface area contributed by atoms with Crippen molar-refractivity contribution in [3.8, 4) is 0 Å². The molecule has 0 bridgehead atoms. The minimum Gasteiger partial charge on any atom is -0.463 e. The van der Waals surface area contributed by atoms with Crippen molar-refractivity contribution in [1.82, 2.24) is 0 Å². The number of hydrogen-bond donors (Lipinski definition) is 0. The summed E-state index contributed by atoms with van der Waals surface area (Å²) < 4.78 is 10.0. The summed E-state index contributed by atoms with van der Waals surface area (Å²) in [6, 6.07) is 6.76. The van der Waals surface area contributed by atoms with Gasteiger partial charge in [0.15, 0.2) is 0 Å². The number of methoxy groups -OCH3 is 1. The predicted molar refractivity (Wildman–Crippen MR) is 71.4 cm³/mol. The molecule has 1 heterocycles. The zero-order chi connectivity index (χ0) is 14.9. The third-order valence-corrected chi connectivity index (χ3v) is 2.79. The highest BCUT2D eigenvalue weighted by Gasteiger charge is 2.29. The first-order valence-electron chi connectivity index (χ1n) is 5.88. The van der Waals surface area contributed by atoms with Crippen molar-refractivity contribution in [3.05, 3.63) is 30.0 Å². The molecular formula is C14H13NO5. The fraction of sp³-hybridized carbons (Fsp3) is 0.214. The fourth-order valence-corrected chi connectivity index (χ4v) is 2.02. The van der Waals surface area contributed by atoms with Crippen LogP contribution in [0.2, 0.25) is 0 Å². The molecule has 0 saturated heterocycles. The topological polar surface area (TPSA) is 76.8 Å². The van der Waals surface area contributed by atoms with E-state index in [9.17, 15) is 14.4 Å². The van der Waals surface area contributed by atoms with E-state index in [0.717, 1.165) is 4.90 Å². The van der Waals surface area contributed by atoms with E-state index in [0.29, 0.717) is 11.0 Å². The number of hydrogen-bond acceptors (Lipinski definition) is 5. The smallest absolute Gasteiger partial charge is 0.376 e. The molecule has 0 spiro atoms. The van der Waals surface area contributed by atoms with Crippen molar-refractivity contribution in [2.24, 2.45) is 0 Å². The monoisotopic (exact) mass is 275 g/mol. The van der Waals surface area contributed by atoms with E-state index < -0.39 is 17.8 Å². The van der Waals surface area contributed by atoms with Gasteiger partial charge in [0.1, 0.15) is 11.3 Å². The summed E-state index contributed by atoms with van der Waals surface area (Å²) in [6.07, 6.45) is 0. The second kappa shape index (κ2) is 5.16. The van der Waals surface area contributed by atoms with Crippen molar-refractivity contribution in [2.45, 2.75) is 13.8 Å². The molecule has 0 N–H and O–H groups in total. The molecule has 0 fully saturated rings. The van der Waals surface area contributed by atoms with E-state index in [4.69, 9.17) is 4.42 Å². The van der Waals surface area contributed by atoms with Crippen molar-refractivity contribution in [3.63, 3.8) is 0 Å². The van der Waals surface area contributed by atoms with Gasteiger partial charge >= 0.3 is 5.97 Å². The zero-order valence-corrected chi connectivity index (χ0v) is 11.3. The Balaban J connectivity index is 2.79. The van der Waals surface area contributed by atoms with Gasteiger partial charge < -0.3 is 9.15 Å². The standard InChI is InChI=1S/C14H13NO5/c1-8(16)15(9(2)17)12-10-6-4-5-7-11(10)20-13(12)14(18)19-3/h4-7H,1-3H3. The summed E-state index contributed by atoms with van der Waals surface area (Å²) in [7, 11) is 1.20. The molecule has 0 radical (unpaired) electrons. The van der Waals surface area contributed by atoms with E-state index in [-0.39, 0.29) is 11.4 Å². The van der Waals surface area contributed by atoms with Gasteiger partial charge in [0.25, 0.3) is 0 Å². The lowest BCUT2D eigenvalue weighted by Gasteiger charge is -2.16. The highest BCUT2D eigenvalue weighted by atomic mass is 16.5. The van der Waals surface area contributed by atoms with Crippen molar-refractivity contribution < 1.29 is 23.5 Å². The number of benzene rings is 1. The summed E-state index contributed by atoms with van der Waals surface area (Å²) >= 11 is 0. The Kier molecular flexibility index (Phi) is 3.56. The number of para-hydroxylation sites is 1. The van der Waals surface area contributed by atoms with Crippen LogP contribution in [-0.4, -0.2) is 24.9 Å². The quantitative estimate of drug-likeness (QED) is 0.784. The van der Waals surface area contributed by atoms with Gasteiger partial charge in [-0.1, -0.05) is 12.1 Å². The Labute approximate surface area is 114 Å². The number of amides is 2. The number of rotatable bonds is 2. The lowest BCUT2D eigenvalue weighted by molar-refractivity contribution is -0.124. The van der Waals surface area contributed by atoms with E-state index in [1.807, 2.05) is 0 Å². The SMILES string of the molecule is COC(=O)c1oc2ccccc2c1N(C(C)=O)C(C)=O. The van der Waals surface area contributed by atoms with Gasteiger partial charge in [-0.3, -0.25) is 9.59 Å². The lowest BCUT2D eigenvalue weighted by Crippen LogP contribution is -2.34. The number of furan rings is 1. The van der Waals surface area contributed by atoms with E-state index in [2.05, 4.69) is 4.74 Å². The highest BCUT2D eigenvalue weighted by Crippen LogP contribution is 2.34. The Bertz CT molecular complexity index is 687. The summed E-state index contributed by atoms with van der Waals surface area (Å²) in [6.45, 7) is 2.48. The maximum atomic E-state index is 11.8. The molecule has 104 valence electrons. The molecule has 0 aliphatic heterocycles. The van der Waals surface area contributed by atoms with Crippen LogP contribution in [0.1, 0.15) is 24.4 Å². The number of nitrogens with zero attached hydrogens (tertiary/aromatic N) is 1. The van der Waals surface area contributed by atoms with Gasteiger partial charge in [0.2, 0.25) is 17.6 Å². The maximum Gasteiger partial charge on any atom is 0.376 e. The Morgan fingerprint density at radius 1 is 1.10 bits per heavy atom. The van der Waals surface area contributed by atoms with Crippen LogP contribution in [0.4, 0.5) is 5.69 Å². The third kappa shape index (κ3) is 2.16. The van der Waals surface area contributed by atoms with Crippen LogP contribution in [0.15, 0.2) is 28.7 Å². The first-order chi connectivity index (χ1) is 9.47. The van der Waals surface area contributed by atoms with Gasteiger partial charge in [-0.15, -0.1) is 0 Å². The molecule has 2 amide bonds. The van der Waals surface area contributed by atoms with E-state index >= 15 is 0 Å². The molecular weight excluding hydrogens is 262 g/mol. The van der Waals surface area contributed by atoms with Gasteiger partial charge in [-0.05, 0) is 12.1 Å². The highest BCUT2D eigenvalue weighted by molar-refractivity contribution is 6.20. The summed E-state index contributed by atoms with van der Waals surface area (Å²) in [5.41, 5.74) is 0.517. The van der Waals surface area contributed by atoms with Crippen LogP contribution >= 0.6 is 0 Å². The number of esters is 1. The second-order valence-corrected chi connectivity index (χ2v) is 4.14. The summed E-state index contributed by atoms with van der Waals surface area (Å²) in [4.78, 5) is 36.1. The van der Waals surface area contributed by atoms with E-state index in [1.54, 1.807) is 24.3 Å². The molecule has 0 aliphatic carbocycles. The van der Waals surface area contributed by atoms with Crippen LogP contribution in [0.25, 0.3) is 11.0 Å². The molecule has 2 aromatic rings. The van der Waals surface area contributed by atoms with Crippen LogP contribution in [0.5, 0.6) is 0 Å². The summed E-state index contributed by atoms with van der Waals surface area (Å²) in [5.74, 6) is -1.92. The fourth-order valence-electron chi connectivity index (χ4n) is 2.02. The van der Waals surface area contributed by atoms with Gasteiger partial charge in [0, 0.05) is 19.2 Å². The maximum absolute atomic E-state index is 11.8. The zero-order valence-electron chi connectivity index (χ0n) is 11.3. The number of imide groups is 1. The molecule has 0 saturated carbocycles. The number of carbonyl (C=O) groups excluding carboxylic acids is 3. The van der Waals surface area contributed by atoms with Gasteiger partial charge in [-0.25, -0.2) is 9.69 Å². The predicted octanol–water partition coefficient (Wildman–Crippen LogP) is 2.12. The van der Waals surface area contributed by atoms with Crippen molar-refractivity contribution in [2.75, 3.05) is 12.0 Å². The van der Waals surface area contributed by atoms with Gasteiger partial charge in [0.05, 0.1) is 7.11 Å². The average Bonchev–Trinajstić information content (AvgIpc) is 2.77. The molecule has 1 aromatic heterocycles. The van der Waals surface area contributed by atoms with E-state index in [1.165, 1.54) is 21.0 Å². The van der Waals surface area contributed by atoms with Crippen LogP contribution < -0.4 is 4.90 Å². The molecule has 6 nitrogen and oxygen atoms in total. The molecule has 2 rings (SSSR count). The first-order valence-corrected chi connectivity index (χ1v) is 5.88. The first kappa shape index (κ1) is 13.8. The summed E-state index contributed by atoms with van der Waals surface area (Å²) in [5, 5.41) is 0.498. The Hall–Kier alpha value is -2.63. The van der Waals surface area contributed by atoms with Crippen molar-refractivity contribution >= 4 is 34.4 Å². The third-order valence-electron chi connectivity index (χ3n) is 2.79. The minimum absolute atomic E-state index is 0.118. The molecule has 20 heavy (non-hydrogen) atoms. The minimum atomic E-state index is -0.747. The Morgan fingerprint density at radius 3 is 2.25 bits per heavy atom. The largest absolute Gasteiger partial charge is 0.463 e. The molecule has 6 heteroatoms. The molecule has 0 atom stereocenters. The van der Waals surface area contributed by atoms with Gasteiger partial charge in [-0.2, -0.15) is 0 Å². The number of anilines is 1.